The number of carbonyl (C=O) groups is 2. The van der Waals surface area contributed by atoms with E-state index in [-0.39, 0.29) is 12.8 Å². The summed E-state index contributed by atoms with van der Waals surface area (Å²) >= 11 is 8.83. The van der Waals surface area contributed by atoms with Crippen LogP contribution in [-0.4, -0.2) is 47.5 Å². The van der Waals surface area contributed by atoms with Gasteiger partial charge in [0.25, 0.3) is 11.8 Å². The van der Waals surface area contributed by atoms with Crippen LogP contribution in [0.4, 0.5) is 35.1 Å². The summed E-state index contributed by atoms with van der Waals surface area (Å²) in [4.78, 5) is 21.8. The molecule has 0 aromatic carbocycles. The van der Waals surface area contributed by atoms with Crippen LogP contribution in [-0.2, 0) is 9.59 Å². The maximum Gasteiger partial charge on any atom is 0.446 e. The molecule has 14 heteroatoms. The van der Waals surface area contributed by atoms with Crippen molar-refractivity contribution in [3.05, 3.63) is 0 Å². The molecular weight excluding hydrogens is 403 g/mol. The number of nitrogens with one attached hydrogen (secondary N) is 2. The Balaban J connectivity index is 4.14. The minimum atomic E-state index is -5.64. The average molecular weight is 413 g/mol. The second kappa shape index (κ2) is 7.89. The summed E-state index contributed by atoms with van der Waals surface area (Å²) in [6.45, 7) is -1.05. The van der Waals surface area contributed by atoms with Gasteiger partial charge in [-0.2, -0.15) is 26.3 Å². The first-order valence-corrected chi connectivity index (χ1v) is 6.76. The molecule has 142 valence electrons. The number of carbonyl (C=O) groups excluding carboxylic acids is 2. The molecule has 0 aromatic heterocycles. The van der Waals surface area contributed by atoms with E-state index < -0.39 is 47.5 Å². The van der Waals surface area contributed by atoms with E-state index in [9.17, 15) is 44.7 Å². The lowest BCUT2D eigenvalue weighted by Gasteiger charge is -2.20. The van der Waals surface area contributed by atoms with E-state index in [0.29, 0.717) is 0 Å². The number of unbranched alkanes of at least 4 members (excludes halogenated alkanes) is 1. The zero-order valence-corrected chi connectivity index (χ0v) is 12.9. The van der Waals surface area contributed by atoms with Crippen molar-refractivity contribution in [2.45, 2.75) is 35.5 Å². The highest BCUT2D eigenvalue weighted by molar-refractivity contribution is 6.34. The second-order valence-electron chi connectivity index (χ2n) is 4.36. The number of hydrogen-bond donors (Lipinski definition) is 2. The van der Waals surface area contributed by atoms with Gasteiger partial charge in [-0.1, -0.05) is 23.2 Å². The van der Waals surface area contributed by atoms with Gasteiger partial charge in [0.1, 0.15) is 0 Å². The summed E-state index contributed by atoms with van der Waals surface area (Å²) in [7, 11) is 0. The lowest BCUT2D eigenvalue weighted by atomic mass is 10.2. The molecule has 0 bridgehead atoms. The molecule has 0 fully saturated rings. The molecule has 0 spiro atoms. The Hall–Kier alpha value is -1.04. The molecule has 0 aliphatic carbocycles. The third-order valence-electron chi connectivity index (χ3n) is 2.46. The molecular formula is C10H10Cl2F8N2O2. The van der Waals surface area contributed by atoms with E-state index in [2.05, 4.69) is 23.2 Å². The molecule has 0 heterocycles. The Labute approximate surface area is 139 Å². The van der Waals surface area contributed by atoms with Crippen LogP contribution in [0.3, 0.4) is 0 Å². The molecule has 24 heavy (non-hydrogen) atoms. The van der Waals surface area contributed by atoms with E-state index in [1.807, 2.05) is 0 Å². The smallest absolute Gasteiger partial charge is 0.352 e. The number of halogens is 10. The van der Waals surface area contributed by atoms with Crippen LogP contribution in [0.1, 0.15) is 12.8 Å². The van der Waals surface area contributed by atoms with Crippen molar-refractivity contribution in [1.82, 2.24) is 10.6 Å². The summed E-state index contributed by atoms with van der Waals surface area (Å²) in [5.74, 6) is -4.33. The first kappa shape index (κ1) is 23.0. The quantitative estimate of drug-likeness (QED) is 0.383. The third kappa shape index (κ3) is 5.80. The fourth-order valence-electron chi connectivity index (χ4n) is 1.13. The topological polar surface area (TPSA) is 58.2 Å². The highest BCUT2D eigenvalue weighted by atomic mass is 35.5. The Bertz CT molecular complexity index is 423. The van der Waals surface area contributed by atoms with Gasteiger partial charge in [-0.3, -0.25) is 9.59 Å². The first-order valence-electron chi connectivity index (χ1n) is 6.01. The minimum Gasteiger partial charge on any atom is -0.352 e. The van der Waals surface area contributed by atoms with Crippen molar-refractivity contribution in [3.8, 4) is 0 Å². The van der Waals surface area contributed by atoms with Crippen molar-refractivity contribution in [2.24, 2.45) is 0 Å². The molecule has 0 aromatic rings. The Morgan fingerprint density at radius 3 is 1.12 bits per heavy atom. The highest BCUT2D eigenvalue weighted by Crippen LogP contribution is 2.38. The molecule has 0 radical (unpaired) electrons. The van der Waals surface area contributed by atoms with Crippen molar-refractivity contribution in [3.63, 3.8) is 0 Å². The van der Waals surface area contributed by atoms with Crippen molar-refractivity contribution < 1.29 is 44.7 Å². The standard InChI is InChI=1S/C10H10Cl2F8N2O2/c11-7(13,9(15,16)17)5(23)21-3-1-2-4-22-6(24)8(12,14)10(18,19)20/h1-4H2,(H,21,23)(H,22,24)/t7-,8-/m0/s1. The van der Waals surface area contributed by atoms with E-state index in [1.54, 1.807) is 0 Å². The van der Waals surface area contributed by atoms with E-state index in [4.69, 9.17) is 0 Å². The van der Waals surface area contributed by atoms with Crippen LogP contribution < -0.4 is 10.6 Å². The average Bonchev–Trinajstić information content (AvgIpc) is 2.39. The van der Waals surface area contributed by atoms with Crippen LogP contribution >= 0.6 is 23.2 Å². The Kier molecular flexibility index (Phi) is 7.55. The van der Waals surface area contributed by atoms with E-state index in [0.717, 1.165) is 0 Å². The molecule has 2 amide bonds. The van der Waals surface area contributed by atoms with Gasteiger partial charge in [-0.05, 0) is 12.8 Å². The fourth-order valence-corrected chi connectivity index (χ4v) is 1.27. The molecule has 2 atom stereocenters. The molecule has 0 saturated heterocycles. The molecule has 4 nitrogen and oxygen atoms in total. The predicted octanol–water partition coefficient (Wildman–Crippen LogP) is 2.93. The third-order valence-corrected chi connectivity index (χ3v) is 3.23. The van der Waals surface area contributed by atoms with Gasteiger partial charge in [0.2, 0.25) is 0 Å². The SMILES string of the molecule is O=C(NCCCCNC(=O)[C@@](F)(Cl)C(F)(F)F)[C@@](F)(Cl)C(F)(F)F. The Morgan fingerprint density at radius 1 is 0.667 bits per heavy atom. The largest absolute Gasteiger partial charge is 0.446 e. The summed E-state index contributed by atoms with van der Waals surface area (Å²) in [6, 6.07) is 0. The van der Waals surface area contributed by atoms with Crippen LogP contribution in [0.15, 0.2) is 0 Å². The van der Waals surface area contributed by atoms with Crippen LogP contribution in [0, 0.1) is 0 Å². The lowest BCUT2D eigenvalue weighted by Crippen LogP contribution is -2.50. The van der Waals surface area contributed by atoms with Gasteiger partial charge in [0.15, 0.2) is 0 Å². The summed E-state index contributed by atoms with van der Waals surface area (Å²) in [5.41, 5.74) is 0. The molecule has 0 saturated carbocycles. The van der Waals surface area contributed by atoms with Gasteiger partial charge in [-0.15, -0.1) is 0 Å². The summed E-state index contributed by atoms with van der Waals surface area (Å²) in [5, 5.41) is -6.22. The maximum atomic E-state index is 12.9. The molecule has 2 N–H and O–H groups in total. The van der Waals surface area contributed by atoms with Gasteiger partial charge in [-0.25, -0.2) is 8.78 Å². The zero-order chi connectivity index (χ0) is 19.4. The van der Waals surface area contributed by atoms with Crippen molar-refractivity contribution in [2.75, 3.05) is 13.1 Å². The number of rotatable bonds is 7. The van der Waals surface area contributed by atoms with Crippen LogP contribution in [0.2, 0.25) is 0 Å². The molecule has 0 aliphatic rings. The van der Waals surface area contributed by atoms with Crippen LogP contribution in [0.25, 0.3) is 0 Å². The predicted molar refractivity (Wildman–Crippen MR) is 66.7 cm³/mol. The van der Waals surface area contributed by atoms with Crippen molar-refractivity contribution in [1.29, 1.82) is 0 Å². The Morgan fingerprint density at radius 2 is 0.917 bits per heavy atom. The van der Waals surface area contributed by atoms with E-state index in [1.165, 1.54) is 10.6 Å². The second-order valence-corrected chi connectivity index (χ2v) is 5.40. The monoisotopic (exact) mass is 412 g/mol. The number of amides is 2. The van der Waals surface area contributed by atoms with Gasteiger partial charge < -0.3 is 10.6 Å². The summed E-state index contributed by atoms with van der Waals surface area (Å²) in [6.07, 6.45) is -11.6. The van der Waals surface area contributed by atoms with Crippen molar-refractivity contribution >= 4 is 35.0 Å². The van der Waals surface area contributed by atoms with Gasteiger partial charge in [0.05, 0.1) is 0 Å². The van der Waals surface area contributed by atoms with Gasteiger partial charge >= 0.3 is 22.6 Å². The highest BCUT2D eigenvalue weighted by Gasteiger charge is 2.61. The van der Waals surface area contributed by atoms with Crippen LogP contribution in [0.5, 0.6) is 0 Å². The molecule has 0 aliphatic heterocycles. The fraction of sp³-hybridized carbons (Fsp3) is 0.800. The van der Waals surface area contributed by atoms with E-state index >= 15 is 0 Å². The summed E-state index contributed by atoms with van der Waals surface area (Å²) < 4.78 is 98.2. The molecule has 0 rings (SSSR count). The zero-order valence-electron chi connectivity index (χ0n) is 11.4. The minimum absolute atomic E-state index is 0.176. The first-order chi connectivity index (χ1) is 10.5. The normalized spacial score (nSPS) is 17.6. The number of alkyl halides is 10. The lowest BCUT2D eigenvalue weighted by molar-refractivity contribution is -0.201. The maximum absolute atomic E-state index is 12.9. The number of hydrogen-bond acceptors (Lipinski definition) is 2. The molecule has 0 unspecified atom stereocenters. The van der Waals surface area contributed by atoms with Gasteiger partial charge in [0, 0.05) is 13.1 Å².